The molecule has 0 saturated heterocycles. The molecule has 0 bridgehead atoms. The molecule has 0 fully saturated rings. The van der Waals surface area contributed by atoms with E-state index in [-0.39, 0.29) is 6.61 Å². The van der Waals surface area contributed by atoms with E-state index in [1.807, 2.05) is 19.1 Å². The molecule has 6 heteroatoms. The summed E-state index contributed by atoms with van der Waals surface area (Å²) < 4.78 is 4.58. The number of carbonyl (C=O) groups is 1. The van der Waals surface area contributed by atoms with Crippen molar-refractivity contribution in [3.63, 3.8) is 0 Å². The lowest BCUT2D eigenvalue weighted by molar-refractivity contribution is -0.421. The number of carbonyl (C=O) groups excluding carboxylic acids is 1. The van der Waals surface area contributed by atoms with Crippen LogP contribution in [0.15, 0.2) is 36.2 Å². The van der Waals surface area contributed by atoms with Crippen molar-refractivity contribution in [2.75, 3.05) is 11.9 Å². The number of nitrogens with one attached hydrogen (secondary N) is 1. The van der Waals surface area contributed by atoms with E-state index in [1.54, 1.807) is 19.1 Å². The first-order chi connectivity index (χ1) is 8.54. The zero-order chi connectivity index (χ0) is 13.5. The number of nitrogens with zero attached hydrogens (tertiary/aromatic N) is 1. The third-order valence-corrected chi connectivity index (χ3v) is 2.11. The summed E-state index contributed by atoms with van der Waals surface area (Å²) in [5.41, 5.74) is 1.10. The molecule has 0 radical (unpaired) electrons. The molecule has 0 unspecified atom stereocenters. The van der Waals surface area contributed by atoms with Crippen LogP contribution in [0.25, 0.3) is 0 Å². The molecule has 18 heavy (non-hydrogen) atoms. The molecule has 1 aromatic carbocycles. The van der Waals surface area contributed by atoms with Gasteiger partial charge in [0.25, 0.3) is 0 Å². The molecule has 1 aromatic rings. The molecule has 0 aliphatic heterocycles. The maximum Gasteiger partial charge on any atom is 0.411 e. The van der Waals surface area contributed by atoms with Gasteiger partial charge in [-0.05, 0) is 26.0 Å². The fourth-order valence-electron chi connectivity index (χ4n) is 1.19. The van der Waals surface area contributed by atoms with E-state index in [2.05, 4.69) is 10.1 Å². The minimum Gasteiger partial charge on any atom is -0.458 e. The number of hydrogen-bond acceptors (Lipinski definition) is 5. The molecular formula is C12H14N2O4. The summed E-state index contributed by atoms with van der Waals surface area (Å²) in [4.78, 5) is 21.2. The van der Waals surface area contributed by atoms with Crippen LogP contribution in [0.1, 0.15) is 12.5 Å². The lowest BCUT2D eigenvalue weighted by Gasteiger charge is -2.02. The lowest BCUT2D eigenvalue weighted by Crippen LogP contribution is -2.16. The van der Waals surface area contributed by atoms with Crippen molar-refractivity contribution < 1.29 is 14.5 Å². The monoisotopic (exact) mass is 250 g/mol. The summed E-state index contributed by atoms with van der Waals surface area (Å²) in [5.74, 6) is -0.956. The number of ether oxygens (including phenoxy) is 1. The zero-order valence-corrected chi connectivity index (χ0v) is 10.2. The lowest BCUT2D eigenvalue weighted by atomic mass is 10.2. The minimum absolute atomic E-state index is 0.0918. The standard InChI is InChI=1S/C12H14N2O4/c1-3-18-12(15)11(14(16)17)8-13-10-6-4-9(2)5-7-10/h4-8,13H,3H2,1-2H3/b11-8+. The number of aryl methyl sites for hydroxylation is 1. The van der Waals surface area contributed by atoms with E-state index in [0.717, 1.165) is 11.8 Å². The van der Waals surface area contributed by atoms with Gasteiger partial charge in [0.05, 0.1) is 17.7 Å². The molecule has 0 heterocycles. The number of anilines is 1. The number of nitro groups is 1. The minimum atomic E-state index is -0.956. The second-order valence-corrected chi connectivity index (χ2v) is 3.52. The molecule has 0 spiro atoms. The predicted molar refractivity (Wildman–Crippen MR) is 66.5 cm³/mol. The van der Waals surface area contributed by atoms with Crippen molar-refractivity contribution in [3.8, 4) is 0 Å². The molecule has 96 valence electrons. The molecule has 0 saturated carbocycles. The van der Waals surface area contributed by atoms with Crippen LogP contribution in [-0.4, -0.2) is 17.5 Å². The number of rotatable bonds is 5. The number of esters is 1. The normalized spacial score (nSPS) is 10.9. The highest BCUT2D eigenvalue weighted by Crippen LogP contribution is 2.09. The van der Waals surface area contributed by atoms with Crippen molar-refractivity contribution >= 4 is 11.7 Å². The Hall–Kier alpha value is -2.37. The highest BCUT2D eigenvalue weighted by atomic mass is 16.6. The number of benzene rings is 1. The SMILES string of the molecule is CCOC(=O)/C(=C\Nc1ccc(C)cc1)[N+](=O)[O-]. The van der Waals surface area contributed by atoms with Crippen molar-refractivity contribution in [2.45, 2.75) is 13.8 Å². The summed E-state index contributed by atoms with van der Waals surface area (Å²) in [6, 6.07) is 7.22. The van der Waals surface area contributed by atoms with Gasteiger partial charge in [0.1, 0.15) is 0 Å². The topological polar surface area (TPSA) is 81.5 Å². The Morgan fingerprint density at radius 1 is 1.44 bits per heavy atom. The molecule has 1 rings (SSSR count). The fraction of sp³-hybridized carbons (Fsp3) is 0.250. The molecular weight excluding hydrogens is 236 g/mol. The first-order valence-corrected chi connectivity index (χ1v) is 5.39. The molecule has 0 aromatic heterocycles. The zero-order valence-electron chi connectivity index (χ0n) is 10.2. The van der Waals surface area contributed by atoms with Crippen LogP contribution in [0.4, 0.5) is 5.69 Å². The molecule has 1 N–H and O–H groups in total. The van der Waals surface area contributed by atoms with Crippen LogP contribution in [-0.2, 0) is 9.53 Å². The Bertz CT molecular complexity index is 465. The Kier molecular flexibility index (Phi) is 4.86. The van der Waals surface area contributed by atoms with Crippen LogP contribution < -0.4 is 5.32 Å². The maximum atomic E-state index is 11.3. The van der Waals surface area contributed by atoms with Crippen molar-refractivity contribution in [3.05, 3.63) is 51.8 Å². The van der Waals surface area contributed by atoms with Gasteiger partial charge in [-0.25, -0.2) is 4.79 Å². The Morgan fingerprint density at radius 2 is 2.06 bits per heavy atom. The fourth-order valence-corrected chi connectivity index (χ4v) is 1.19. The van der Waals surface area contributed by atoms with Gasteiger partial charge in [-0.2, -0.15) is 0 Å². The average molecular weight is 250 g/mol. The van der Waals surface area contributed by atoms with Gasteiger partial charge in [0, 0.05) is 5.69 Å². The highest BCUT2D eigenvalue weighted by molar-refractivity contribution is 5.86. The predicted octanol–water partition coefficient (Wildman–Crippen LogP) is 2.09. The van der Waals surface area contributed by atoms with Gasteiger partial charge in [0.2, 0.25) is 0 Å². The second-order valence-electron chi connectivity index (χ2n) is 3.52. The van der Waals surface area contributed by atoms with E-state index in [9.17, 15) is 14.9 Å². The smallest absolute Gasteiger partial charge is 0.411 e. The van der Waals surface area contributed by atoms with Gasteiger partial charge < -0.3 is 10.1 Å². The van der Waals surface area contributed by atoms with Crippen LogP contribution in [0.5, 0.6) is 0 Å². The summed E-state index contributed by atoms with van der Waals surface area (Å²) in [6.45, 7) is 3.61. The third-order valence-electron chi connectivity index (χ3n) is 2.11. The molecule has 6 nitrogen and oxygen atoms in total. The molecule has 0 aliphatic carbocycles. The van der Waals surface area contributed by atoms with Gasteiger partial charge in [-0.15, -0.1) is 0 Å². The van der Waals surface area contributed by atoms with Crippen molar-refractivity contribution in [1.29, 1.82) is 0 Å². The average Bonchev–Trinajstić information content (AvgIpc) is 2.31. The van der Waals surface area contributed by atoms with Crippen molar-refractivity contribution in [2.24, 2.45) is 0 Å². The van der Waals surface area contributed by atoms with E-state index < -0.39 is 16.6 Å². The van der Waals surface area contributed by atoms with Crippen LogP contribution in [0, 0.1) is 17.0 Å². The van der Waals surface area contributed by atoms with E-state index in [4.69, 9.17) is 0 Å². The van der Waals surface area contributed by atoms with E-state index >= 15 is 0 Å². The van der Waals surface area contributed by atoms with Crippen LogP contribution >= 0.6 is 0 Å². The Balaban J connectivity index is 2.80. The number of hydrogen-bond donors (Lipinski definition) is 1. The van der Waals surface area contributed by atoms with Gasteiger partial charge in [-0.3, -0.25) is 10.1 Å². The summed E-state index contributed by atoms with van der Waals surface area (Å²) in [6.07, 6.45) is 1.03. The van der Waals surface area contributed by atoms with E-state index in [0.29, 0.717) is 5.69 Å². The van der Waals surface area contributed by atoms with E-state index in [1.165, 1.54) is 0 Å². The summed E-state index contributed by atoms with van der Waals surface area (Å²) in [7, 11) is 0. The Labute approximate surface area is 104 Å². The molecule has 0 aliphatic rings. The summed E-state index contributed by atoms with van der Waals surface area (Å²) >= 11 is 0. The van der Waals surface area contributed by atoms with Crippen LogP contribution in [0.3, 0.4) is 0 Å². The largest absolute Gasteiger partial charge is 0.458 e. The van der Waals surface area contributed by atoms with Gasteiger partial charge in [-0.1, -0.05) is 17.7 Å². The molecule has 0 atom stereocenters. The second kappa shape index (κ2) is 6.39. The molecule has 0 amide bonds. The van der Waals surface area contributed by atoms with Gasteiger partial charge >= 0.3 is 11.7 Å². The quantitative estimate of drug-likeness (QED) is 0.374. The maximum absolute atomic E-state index is 11.3. The Morgan fingerprint density at radius 3 is 2.56 bits per heavy atom. The first-order valence-electron chi connectivity index (χ1n) is 5.39. The summed E-state index contributed by atoms with van der Waals surface area (Å²) in [5, 5.41) is 13.4. The van der Waals surface area contributed by atoms with Crippen LogP contribution in [0.2, 0.25) is 0 Å². The van der Waals surface area contributed by atoms with Crippen molar-refractivity contribution in [1.82, 2.24) is 0 Å². The first kappa shape index (κ1) is 13.7. The van der Waals surface area contributed by atoms with Gasteiger partial charge in [0.15, 0.2) is 0 Å². The third kappa shape index (κ3) is 3.89. The highest BCUT2D eigenvalue weighted by Gasteiger charge is 2.22.